The lowest BCUT2D eigenvalue weighted by atomic mass is 9.94. The molecular formula is C39H36N4OS. The number of fused-ring (bicyclic) bond motifs is 3. The van der Waals surface area contributed by atoms with E-state index in [1.54, 1.807) is 11.8 Å². The second-order valence-electron chi connectivity index (χ2n) is 11.6. The molecule has 0 fully saturated rings. The minimum atomic E-state index is 0.752. The summed E-state index contributed by atoms with van der Waals surface area (Å²) < 4.78 is 10.6. The van der Waals surface area contributed by atoms with Crippen LogP contribution >= 0.6 is 11.8 Å². The highest BCUT2D eigenvalue weighted by atomic mass is 32.2. The highest BCUT2D eigenvalue weighted by Crippen LogP contribution is 2.36. The minimum absolute atomic E-state index is 0.752. The van der Waals surface area contributed by atoms with Gasteiger partial charge in [-0.15, -0.1) is 11.8 Å². The van der Waals surface area contributed by atoms with E-state index in [0.29, 0.717) is 0 Å². The Labute approximate surface area is 268 Å². The zero-order valence-corrected chi connectivity index (χ0v) is 26.9. The largest absolute Gasteiger partial charge is 0.457 e. The van der Waals surface area contributed by atoms with E-state index in [0.717, 1.165) is 51.4 Å². The Morgan fingerprint density at radius 1 is 0.800 bits per heavy atom. The first kappa shape index (κ1) is 28.9. The molecule has 0 radical (unpaired) electrons. The van der Waals surface area contributed by atoms with Gasteiger partial charge in [0.2, 0.25) is 0 Å². The van der Waals surface area contributed by atoms with Gasteiger partial charge < -0.3 is 4.74 Å². The van der Waals surface area contributed by atoms with Gasteiger partial charge in [0.25, 0.3) is 0 Å². The first-order valence-corrected chi connectivity index (χ1v) is 16.7. The van der Waals surface area contributed by atoms with Gasteiger partial charge in [-0.2, -0.15) is 5.10 Å². The van der Waals surface area contributed by atoms with E-state index in [1.165, 1.54) is 45.4 Å². The molecule has 3 aromatic heterocycles. The molecule has 6 heteroatoms. The summed E-state index contributed by atoms with van der Waals surface area (Å²) in [5.74, 6) is 2.41. The lowest BCUT2D eigenvalue weighted by Crippen LogP contribution is -1.97. The fourth-order valence-corrected chi connectivity index (χ4v) is 6.78. The number of para-hydroxylation sites is 1. The van der Waals surface area contributed by atoms with Gasteiger partial charge in [-0.3, -0.25) is 4.57 Å². The van der Waals surface area contributed by atoms with Crippen LogP contribution in [0.25, 0.3) is 44.4 Å². The van der Waals surface area contributed by atoms with Gasteiger partial charge in [0.1, 0.15) is 17.3 Å². The number of nitrogens with zero attached hydrogens (tertiary/aromatic N) is 4. The van der Waals surface area contributed by atoms with Gasteiger partial charge in [0, 0.05) is 45.8 Å². The highest BCUT2D eigenvalue weighted by molar-refractivity contribution is 7.98. The molecule has 0 N–H and O–H groups in total. The van der Waals surface area contributed by atoms with Crippen LogP contribution in [0.15, 0.2) is 114 Å². The van der Waals surface area contributed by atoms with Gasteiger partial charge >= 0.3 is 0 Å². The number of thioether (sulfide) groups is 1. The van der Waals surface area contributed by atoms with Crippen LogP contribution in [0.2, 0.25) is 0 Å². The first-order chi connectivity index (χ1) is 22.0. The number of pyridine rings is 1. The monoisotopic (exact) mass is 608 g/mol. The summed E-state index contributed by atoms with van der Waals surface area (Å²) in [5, 5.41) is 7.09. The molecule has 0 unspecified atom stereocenters. The zero-order chi connectivity index (χ0) is 30.9. The quantitative estimate of drug-likeness (QED) is 0.153. The number of rotatable bonds is 9. The molecule has 7 rings (SSSR count). The molecule has 0 aliphatic carbocycles. The maximum atomic E-state index is 6.48. The Hall–Kier alpha value is -4.81. The molecule has 5 nitrogen and oxygen atoms in total. The lowest BCUT2D eigenvalue weighted by molar-refractivity contribution is 0.483. The van der Waals surface area contributed by atoms with Gasteiger partial charge in [-0.25, -0.2) is 9.67 Å². The Balaban J connectivity index is 1.21. The summed E-state index contributed by atoms with van der Waals surface area (Å²) in [7, 11) is 0. The second kappa shape index (κ2) is 12.3. The Morgan fingerprint density at radius 2 is 1.60 bits per heavy atom. The van der Waals surface area contributed by atoms with Crippen molar-refractivity contribution in [1.82, 2.24) is 19.3 Å². The predicted octanol–water partition coefficient (Wildman–Crippen LogP) is 10.5. The Morgan fingerprint density at radius 3 is 2.42 bits per heavy atom. The average molecular weight is 609 g/mol. The van der Waals surface area contributed by atoms with Crippen LogP contribution in [-0.2, 0) is 6.42 Å². The smallest absolute Gasteiger partial charge is 0.138 e. The number of unbranched alkanes of at least 4 members (excludes halogenated alkanes) is 1. The van der Waals surface area contributed by atoms with Crippen LogP contribution in [0.5, 0.6) is 11.5 Å². The molecule has 0 spiro atoms. The van der Waals surface area contributed by atoms with Crippen LogP contribution in [0, 0.1) is 13.8 Å². The summed E-state index contributed by atoms with van der Waals surface area (Å²) in [6, 6.07) is 31.7. The van der Waals surface area contributed by atoms with E-state index in [-0.39, 0.29) is 0 Å². The third kappa shape index (κ3) is 5.62. The molecule has 0 aliphatic heterocycles. The third-order valence-corrected chi connectivity index (χ3v) is 9.15. The lowest BCUT2D eigenvalue weighted by Gasteiger charge is -2.12. The summed E-state index contributed by atoms with van der Waals surface area (Å²) >= 11 is 1.71. The maximum Gasteiger partial charge on any atom is 0.138 e. The van der Waals surface area contributed by atoms with E-state index in [4.69, 9.17) is 14.8 Å². The highest BCUT2D eigenvalue weighted by Gasteiger charge is 2.15. The van der Waals surface area contributed by atoms with E-state index < -0.39 is 0 Å². The van der Waals surface area contributed by atoms with Crippen LogP contribution < -0.4 is 4.74 Å². The minimum Gasteiger partial charge on any atom is -0.457 e. The molecule has 224 valence electrons. The van der Waals surface area contributed by atoms with Gasteiger partial charge in [-0.05, 0) is 97.7 Å². The number of ether oxygens (including phenoxy) is 1. The number of hydrogen-bond donors (Lipinski definition) is 0. The van der Waals surface area contributed by atoms with Crippen molar-refractivity contribution >= 4 is 33.6 Å². The van der Waals surface area contributed by atoms with Crippen molar-refractivity contribution in [2.24, 2.45) is 0 Å². The molecule has 4 aromatic carbocycles. The van der Waals surface area contributed by atoms with E-state index >= 15 is 0 Å². The molecule has 7 aromatic rings. The fourth-order valence-electron chi connectivity index (χ4n) is 6.36. The Kier molecular flexibility index (Phi) is 7.90. The van der Waals surface area contributed by atoms with Crippen molar-refractivity contribution in [1.29, 1.82) is 0 Å². The van der Waals surface area contributed by atoms with E-state index in [2.05, 4.69) is 98.5 Å². The van der Waals surface area contributed by atoms with Gasteiger partial charge in [-0.1, -0.05) is 49.7 Å². The van der Waals surface area contributed by atoms with Crippen LogP contribution in [-0.4, -0.2) is 25.6 Å². The normalized spacial score (nSPS) is 11.5. The van der Waals surface area contributed by atoms with Crippen molar-refractivity contribution in [3.05, 3.63) is 126 Å². The van der Waals surface area contributed by atoms with Crippen molar-refractivity contribution in [3.8, 4) is 34.1 Å². The van der Waals surface area contributed by atoms with Crippen LogP contribution in [0.1, 0.15) is 36.5 Å². The standard InChI is InChI=1S/C39H36N4OS/c1-5-6-10-28-19-26(2)39(27(3)20-28)29-24-41-42(25-29)30-11-9-12-31(21-30)44-32-15-16-35-34-13-7-8-14-36(34)43(37(35)22-32)38-23-33(45-4)17-18-40-38/h7-9,11-25H,5-6,10H2,1-4H3. The fraction of sp³-hybridized carbons (Fsp3) is 0.179. The van der Waals surface area contributed by atoms with E-state index in [1.807, 2.05) is 47.4 Å². The molecule has 0 bridgehead atoms. The second-order valence-corrected chi connectivity index (χ2v) is 12.4. The van der Waals surface area contributed by atoms with Crippen LogP contribution in [0.4, 0.5) is 0 Å². The average Bonchev–Trinajstić information content (AvgIpc) is 3.67. The summed E-state index contributed by atoms with van der Waals surface area (Å²) in [6.07, 6.45) is 11.6. The van der Waals surface area contributed by atoms with Crippen molar-refractivity contribution in [2.75, 3.05) is 6.26 Å². The topological polar surface area (TPSA) is 44.9 Å². The zero-order valence-electron chi connectivity index (χ0n) is 26.1. The molecule has 0 atom stereocenters. The number of aromatic nitrogens is 4. The molecule has 0 amide bonds. The molecule has 0 saturated carbocycles. The first-order valence-electron chi connectivity index (χ1n) is 15.5. The maximum absolute atomic E-state index is 6.48. The van der Waals surface area contributed by atoms with Crippen molar-refractivity contribution < 1.29 is 4.74 Å². The summed E-state index contributed by atoms with van der Waals surface area (Å²) in [6.45, 7) is 6.65. The number of aryl methyl sites for hydroxylation is 3. The van der Waals surface area contributed by atoms with E-state index in [9.17, 15) is 0 Å². The number of benzene rings is 4. The predicted molar refractivity (Wildman–Crippen MR) is 188 cm³/mol. The SMILES string of the molecule is CCCCc1cc(C)c(-c2cnn(-c3cccc(Oc4ccc5c6ccccc6n(-c6cc(SC)ccn6)c5c4)c3)c2)c(C)c1. The van der Waals surface area contributed by atoms with Crippen LogP contribution in [0.3, 0.4) is 0 Å². The van der Waals surface area contributed by atoms with Gasteiger partial charge in [0.05, 0.1) is 22.9 Å². The summed E-state index contributed by atoms with van der Waals surface area (Å²) in [5.41, 5.74) is 9.50. The van der Waals surface area contributed by atoms with Gasteiger partial charge in [0.15, 0.2) is 0 Å². The molecule has 3 heterocycles. The summed E-state index contributed by atoms with van der Waals surface area (Å²) in [4.78, 5) is 5.91. The Bertz CT molecular complexity index is 2140. The molecule has 0 aliphatic rings. The molecule has 45 heavy (non-hydrogen) atoms. The van der Waals surface area contributed by atoms with Crippen molar-refractivity contribution in [2.45, 2.75) is 44.9 Å². The number of hydrogen-bond acceptors (Lipinski definition) is 4. The molecule has 0 saturated heterocycles. The molecular weight excluding hydrogens is 573 g/mol. The van der Waals surface area contributed by atoms with Crippen molar-refractivity contribution in [3.63, 3.8) is 0 Å². The third-order valence-electron chi connectivity index (χ3n) is 8.43.